The van der Waals surface area contributed by atoms with Crippen molar-refractivity contribution < 1.29 is 34.2 Å². The number of aliphatic carboxylic acids is 2. The predicted octanol–water partition coefficient (Wildman–Crippen LogP) is -2.72. The summed E-state index contributed by atoms with van der Waals surface area (Å²) in [6.45, 7) is -0.652. The molecule has 2 aromatic rings. The first-order valence-electron chi connectivity index (χ1n) is 10.2. The lowest BCUT2D eigenvalue weighted by atomic mass is 10.1. The standard InChI is InChI=1S/C19H26N8O7/c20-12(1-2-15(28)29)17(32)26-14(4-11-6-22-9-25-11)19(34)27-13(3-10-5-21-8-24-10)18(33)23-7-16(30)31/h5-6,8-9,12-14H,1-4,7,20H2,(H,21,24)(H,22,25)(H,23,33)(H,26,32)(H,27,34)(H,28,29)(H,30,31). The van der Waals surface area contributed by atoms with E-state index >= 15 is 0 Å². The van der Waals surface area contributed by atoms with E-state index in [0.29, 0.717) is 11.4 Å². The number of carboxylic acid groups (broad SMARTS) is 2. The van der Waals surface area contributed by atoms with E-state index in [4.69, 9.17) is 15.9 Å². The van der Waals surface area contributed by atoms with Gasteiger partial charge in [0.2, 0.25) is 17.7 Å². The summed E-state index contributed by atoms with van der Waals surface area (Å²) in [5.74, 6) is -4.64. The largest absolute Gasteiger partial charge is 0.481 e. The van der Waals surface area contributed by atoms with Crippen LogP contribution in [0.4, 0.5) is 0 Å². The van der Waals surface area contributed by atoms with Crippen LogP contribution in [0.3, 0.4) is 0 Å². The van der Waals surface area contributed by atoms with Gasteiger partial charge in [0.05, 0.1) is 18.7 Å². The van der Waals surface area contributed by atoms with Gasteiger partial charge < -0.3 is 41.9 Å². The van der Waals surface area contributed by atoms with Crippen molar-refractivity contribution in [3.8, 4) is 0 Å². The average Bonchev–Trinajstić information content (AvgIpc) is 3.48. The Kier molecular flexibility index (Phi) is 9.70. The van der Waals surface area contributed by atoms with E-state index in [-0.39, 0.29) is 25.7 Å². The second-order valence-corrected chi connectivity index (χ2v) is 7.33. The Morgan fingerprint density at radius 1 is 0.853 bits per heavy atom. The molecule has 0 spiro atoms. The Morgan fingerprint density at radius 2 is 1.38 bits per heavy atom. The van der Waals surface area contributed by atoms with Crippen LogP contribution >= 0.6 is 0 Å². The molecule has 3 unspecified atom stereocenters. The number of aromatic amines is 2. The zero-order valence-corrected chi connectivity index (χ0v) is 18.0. The number of aromatic nitrogens is 4. The molecule has 34 heavy (non-hydrogen) atoms. The van der Waals surface area contributed by atoms with Crippen molar-refractivity contribution in [2.45, 2.75) is 43.8 Å². The van der Waals surface area contributed by atoms with Gasteiger partial charge in [0.25, 0.3) is 0 Å². The van der Waals surface area contributed by atoms with Gasteiger partial charge in [0.1, 0.15) is 18.6 Å². The second kappa shape index (κ2) is 12.7. The summed E-state index contributed by atoms with van der Waals surface area (Å²) < 4.78 is 0. The molecule has 0 bridgehead atoms. The molecule has 0 aliphatic rings. The monoisotopic (exact) mass is 478 g/mol. The number of carboxylic acids is 2. The van der Waals surface area contributed by atoms with Crippen LogP contribution in [0.2, 0.25) is 0 Å². The summed E-state index contributed by atoms with van der Waals surface area (Å²) in [7, 11) is 0. The number of carbonyl (C=O) groups is 5. The average molecular weight is 478 g/mol. The first-order chi connectivity index (χ1) is 16.2. The number of nitrogens with zero attached hydrogens (tertiary/aromatic N) is 2. The van der Waals surface area contributed by atoms with Crippen LogP contribution in [0.5, 0.6) is 0 Å². The third kappa shape index (κ3) is 8.70. The second-order valence-electron chi connectivity index (χ2n) is 7.33. The van der Waals surface area contributed by atoms with Crippen LogP contribution in [0.1, 0.15) is 24.2 Å². The van der Waals surface area contributed by atoms with E-state index < -0.39 is 54.3 Å². The summed E-state index contributed by atoms with van der Waals surface area (Å²) >= 11 is 0. The van der Waals surface area contributed by atoms with Crippen molar-refractivity contribution in [1.82, 2.24) is 35.9 Å². The van der Waals surface area contributed by atoms with E-state index in [9.17, 15) is 24.0 Å². The summed E-state index contributed by atoms with van der Waals surface area (Å²) in [5.41, 5.74) is 6.74. The molecule has 2 rings (SSSR count). The Labute approximate surface area is 192 Å². The lowest BCUT2D eigenvalue weighted by Crippen LogP contribution is -2.57. The minimum atomic E-state index is -1.26. The molecule has 2 heterocycles. The van der Waals surface area contributed by atoms with Gasteiger partial charge in [-0.15, -0.1) is 0 Å². The molecule has 15 nitrogen and oxygen atoms in total. The van der Waals surface area contributed by atoms with Crippen molar-refractivity contribution in [2.24, 2.45) is 5.73 Å². The van der Waals surface area contributed by atoms with E-state index in [1.807, 2.05) is 0 Å². The molecule has 2 aromatic heterocycles. The highest BCUT2D eigenvalue weighted by molar-refractivity contribution is 5.94. The van der Waals surface area contributed by atoms with Crippen LogP contribution in [0.25, 0.3) is 0 Å². The molecule has 9 N–H and O–H groups in total. The Bertz CT molecular complexity index is 977. The first-order valence-corrected chi connectivity index (χ1v) is 10.2. The van der Waals surface area contributed by atoms with Gasteiger partial charge in [-0.25, -0.2) is 9.97 Å². The zero-order chi connectivity index (χ0) is 25.1. The van der Waals surface area contributed by atoms with Gasteiger partial charge in [-0.05, 0) is 6.42 Å². The molecule has 0 aliphatic carbocycles. The van der Waals surface area contributed by atoms with Gasteiger partial charge in [0.15, 0.2) is 0 Å². The Hall–Kier alpha value is -4.27. The van der Waals surface area contributed by atoms with Gasteiger partial charge in [-0.3, -0.25) is 24.0 Å². The number of rotatable bonds is 14. The molecule has 0 aromatic carbocycles. The van der Waals surface area contributed by atoms with Gasteiger partial charge in [-0.2, -0.15) is 0 Å². The quantitative estimate of drug-likeness (QED) is 0.139. The highest BCUT2D eigenvalue weighted by atomic mass is 16.4. The lowest BCUT2D eigenvalue weighted by molar-refractivity contribution is -0.139. The van der Waals surface area contributed by atoms with Crippen LogP contribution < -0.4 is 21.7 Å². The number of hydrogen-bond acceptors (Lipinski definition) is 8. The van der Waals surface area contributed by atoms with Crippen molar-refractivity contribution >= 4 is 29.7 Å². The summed E-state index contributed by atoms with van der Waals surface area (Å²) in [4.78, 5) is 72.9. The summed E-state index contributed by atoms with van der Waals surface area (Å²) in [5, 5.41) is 24.8. The summed E-state index contributed by atoms with van der Waals surface area (Å²) in [6, 6.07) is -3.55. The van der Waals surface area contributed by atoms with E-state index in [1.54, 1.807) is 0 Å². The van der Waals surface area contributed by atoms with E-state index in [1.165, 1.54) is 25.0 Å². The van der Waals surface area contributed by atoms with Crippen molar-refractivity contribution in [3.05, 3.63) is 36.4 Å². The molecule has 0 radical (unpaired) electrons. The van der Waals surface area contributed by atoms with Crippen molar-refractivity contribution in [1.29, 1.82) is 0 Å². The number of amides is 3. The summed E-state index contributed by atoms with van der Waals surface area (Å²) in [6.07, 6.45) is 5.11. The number of imidazole rings is 2. The van der Waals surface area contributed by atoms with E-state index in [2.05, 4.69) is 35.9 Å². The molecule has 3 atom stereocenters. The molecular formula is C19H26N8O7. The molecule has 0 saturated carbocycles. The van der Waals surface area contributed by atoms with Crippen LogP contribution in [-0.2, 0) is 36.8 Å². The van der Waals surface area contributed by atoms with Crippen molar-refractivity contribution in [2.75, 3.05) is 6.54 Å². The van der Waals surface area contributed by atoms with Crippen LogP contribution in [0, 0.1) is 0 Å². The Balaban J connectivity index is 2.15. The maximum Gasteiger partial charge on any atom is 0.322 e. The Morgan fingerprint density at radius 3 is 1.85 bits per heavy atom. The fourth-order valence-electron chi connectivity index (χ4n) is 2.90. The van der Waals surface area contributed by atoms with E-state index in [0.717, 1.165) is 0 Å². The van der Waals surface area contributed by atoms with Gasteiger partial charge >= 0.3 is 11.9 Å². The van der Waals surface area contributed by atoms with Crippen LogP contribution in [0.15, 0.2) is 25.0 Å². The highest BCUT2D eigenvalue weighted by Gasteiger charge is 2.29. The number of hydrogen-bond donors (Lipinski definition) is 8. The molecule has 3 amide bonds. The number of carbonyl (C=O) groups excluding carboxylic acids is 3. The molecule has 184 valence electrons. The number of H-pyrrole nitrogens is 2. The lowest BCUT2D eigenvalue weighted by Gasteiger charge is -2.23. The number of nitrogens with two attached hydrogens (primary N) is 1. The predicted molar refractivity (Wildman–Crippen MR) is 114 cm³/mol. The van der Waals surface area contributed by atoms with Crippen molar-refractivity contribution in [3.63, 3.8) is 0 Å². The topological polar surface area (TPSA) is 245 Å². The number of nitrogens with one attached hydrogen (secondary N) is 5. The third-order valence-electron chi connectivity index (χ3n) is 4.64. The maximum absolute atomic E-state index is 13.1. The zero-order valence-electron chi connectivity index (χ0n) is 18.0. The minimum absolute atomic E-state index is 0.0277. The molecule has 0 fully saturated rings. The van der Waals surface area contributed by atoms with Gasteiger partial charge in [0, 0.05) is 43.0 Å². The molecular weight excluding hydrogens is 452 g/mol. The fraction of sp³-hybridized carbons (Fsp3) is 0.421. The molecule has 15 heteroatoms. The SMILES string of the molecule is NC(CCC(=O)O)C(=O)NC(Cc1cnc[nH]1)C(=O)NC(Cc1cnc[nH]1)C(=O)NCC(=O)O. The van der Waals surface area contributed by atoms with Gasteiger partial charge in [-0.1, -0.05) is 0 Å². The third-order valence-corrected chi connectivity index (χ3v) is 4.64. The fourth-order valence-corrected chi connectivity index (χ4v) is 2.90. The first kappa shape index (κ1) is 26.0. The normalized spacial score (nSPS) is 13.3. The molecule has 0 aliphatic heterocycles. The van der Waals surface area contributed by atoms with Crippen LogP contribution in [-0.4, -0.2) is 84.5 Å². The maximum atomic E-state index is 13.1. The smallest absolute Gasteiger partial charge is 0.322 e. The highest BCUT2D eigenvalue weighted by Crippen LogP contribution is 2.04. The minimum Gasteiger partial charge on any atom is -0.481 e. The molecule has 0 saturated heterocycles.